The normalized spacial score (nSPS) is 16.1. The second-order valence-corrected chi connectivity index (χ2v) is 6.07. The summed E-state index contributed by atoms with van der Waals surface area (Å²) >= 11 is 0. The Morgan fingerprint density at radius 2 is 1.84 bits per heavy atom. The summed E-state index contributed by atoms with van der Waals surface area (Å²) in [6.45, 7) is 1.28. The molecular formula is C17H19F3N4O. The molecule has 0 bridgehead atoms. The maximum Gasteiger partial charge on any atom is 0.416 e. The average molecular weight is 352 g/mol. The monoisotopic (exact) mass is 352 g/mol. The van der Waals surface area contributed by atoms with E-state index in [4.69, 9.17) is 0 Å². The highest BCUT2D eigenvalue weighted by Crippen LogP contribution is 2.29. The first-order valence-corrected chi connectivity index (χ1v) is 8.29. The van der Waals surface area contributed by atoms with Gasteiger partial charge >= 0.3 is 6.18 Å². The molecule has 0 saturated carbocycles. The van der Waals surface area contributed by atoms with Crippen LogP contribution >= 0.6 is 0 Å². The van der Waals surface area contributed by atoms with Gasteiger partial charge in [0.2, 0.25) is 5.91 Å². The number of carbonyl (C=O) groups is 1. The van der Waals surface area contributed by atoms with E-state index < -0.39 is 11.7 Å². The molecule has 2 aromatic rings. The fraction of sp³-hybridized carbons (Fsp3) is 0.471. The van der Waals surface area contributed by atoms with Crippen molar-refractivity contribution < 1.29 is 18.0 Å². The predicted octanol–water partition coefficient (Wildman–Crippen LogP) is 3.23. The minimum absolute atomic E-state index is 0.151. The molecule has 0 unspecified atom stereocenters. The van der Waals surface area contributed by atoms with E-state index >= 15 is 0 Å². The molecule has 1 aromatic carbocycles. The molecule has 1 amide bonds. The van der Waals surface area contributed by atoms with Gasteiger partial charge in [-0.1, -0.05) is 6.42 Å². The van der Waals surface area contributed by atoms with Gasteiger partial charge in [-0.05, 0) is 37.1 Å². The van der Waals surface area contributed by atoms with E-state index in [1.54, 1.807) is 0 Å². The van der Waals surface area contributed by atoms with E-state index in [9.17, 15) is 18.0 Å². The van der Waals surface area contributed by atoms with Gasteiger partial charge in [0.1, 0.15) is 12.2 Å². The molecule has 1 aliphatic heterocycles. The molecule has 0 spiro atoms. The number of likely N-dealkylation sites (tertiary alicyclic amines) is 1. The molecule has 0 atom stereocenters. The zero-order chi connectivity index (χ0) is 17.9. The van der Waals surface area contributed by atoms with E-state index in [0.717, 1.165) is 37.9 Å². The molecule has 134 valence electrons. The van der Waals surface area contributed by atoms with Gasteiger partial charge in [0.25, 0.3) is 0 Å². The minimum atomic E-state index is -4.36. The van der Waals surface area contributed by atoms with E-state index in [1.165, 1.54) is 23.1 Å². The molecular weight excluding hydrogens is 333 g/mol. The third-order valence-electron chi connectivity index (χ3n) is 4.33. The second-order valence-electron chi connectivity index (χ2n) is 6.07. The van der Waals surface area contributed by atoms with Crippen LogP contribution in [0.2, 0.25) is 0 Å². The Kier molecular flexibility index (Phi) is 5.06. The molecule has 0 radical (unpaired) electrons. The molecule has 0 aliphatic carbocycles. The largest absolute Gasteiger partial charge is 0.416 e. The Labute approximate surface area is 143 Å². The lowest BCUT2D eigenvalue weighted by Crippen LogP contribution is -2.32. The van der Waals surface area contributed by atoms with Gasteiger partial charge in [-0.25, -0.2) is 9.67 Å². The topological polar surface area (TPSA) is 51.0 Å². The summed E-state index contributed by atoms with van der Waals surface area (Å²) in [5.41, 5.74) is -0.184. The minimum Gasteiger partial charge on any atom is -0.342 e. The SMILES string of the molecule is O=C1CCCCCN1CCc1ncnn1-c1ccc(C(F)(F)F)cc1. The van der Waals surface area contributed by atoms with Crippen molar-refractivity contribution in [2.45, 2.75) is 38.3 Å². The van der Waals surface area contributed by atoms with Crippen molar-refractivity contribution in [1.29, 1.82) is 0 Å². The Bertz CT molecular complexity index is 724. The standard InChI is InChI=1S/C17H19F3N4O/c18-17(19,20)13-5-7-14(8-6-13)24-15(21-12-22-24)9-11-23-10-3-1-2-4-16(23)25/h5-8,12H,1-4,9-11H2. The van der Waals surface area contributed by atoms with Crippen molar-refractivity contribution in [3.63, 3.8) is 0 Å². The number of benzene rings is 1. The zero-order valence-corrected chi connectivity index (χ0v) is 13.7. The van der Waals surface area contributed by atoms with Crippen LogP contribution in [0.3, 0.4) is 0 Å². The summed E-state index contributed by atoms with van der Waals surface area (Å²) in [6.07, 6.45) is 1.07. The van der Waals surface area contributed by atoms with Crippen LogP contribution in [0.5, 0.6) is 0 Å². The number of halogens is 3. The maximum atomic E-state index is 12.7. The molecule has 1 fully saturated rings. The second kappa shape index (κ2) is 7.25. The lowest BCUT2D eigenvalue weighted by Gasteiger charge is -2.20. The molecule has 1 saturated heterocycles. The molecule has 3 rings (SSSR count). The van der Waals surface area contributed by atoms with Gasteiger partial charge in [0, 0.05) is 25.9 Å². The lowest BCUT2D eigenvalue weighted by atomic mass is 10.2. The third-order valence-corrected chi connectivity index (χ3v) is 4.33. The Morgan fingerprint density at radius 1 is 1.08 bits per heavy atom. The number of hydrogen-bond acceptors (Lipinski definition) is 3. The highest BCUT2D eigenvalue weighted by molar-refractivity contribution is 5.76. The van der Waals surface area contributed by atoms with E-state index in [1.807, 2.05) is 4.90 Å². The summed E-state index contributed by atoms with van der Waals surface area (Å²) < 4.78 is 39.5. The number of nitrogens with zero attached hydrogens (tertiary/aromatic N) is 4. The molecule has 8 heteroatoms. The Hall–Kier alpha value is -2.38. The van der Waals surface area contributed by atoms with E-state index in [0.29, 0.717) is 30.9 Å². The smallest absolute Gasteiger partial charge is 0.342 e. The van der Waals surface area contributed by atoms with Gasteiger partial charge in [0.05, 0.1) is 11.3 Å². The lowest BCUT2D eigenvalue weighted by molar-refractivity contribution is -0.137. The van der Waals surface area contributed by atoms with Crippen molar-refractivity contribution in [3.05, 3.63) is 42.0 Å². The van der Waals surface area contributed by atoms with Gasteiger partial charge in [-0.3, -0.25) is 4.79 Å². The highest BCUT2D eigenvalue weighted by atomic mass is 19.4. The first kappa shape index (κ1) is 17.4. The van der Waals surface area contributed by atoms with Crippen LogP contribution < -0.4 is 0 Å². The van der Waals surface area contributed by atoms with Crippen LogP contribution in [0.25, 0.3) is 5.69 Å². The van der Waals surface area contributed by atoms with Gasteiger partial charge in [-0.15, -0.1) is 0 Å². The molecule has 1 aromatic heterocycles. The van der Waals surface area contributed by atoms with Gasteiger partial charge < -0.3 is 4.90 Å². The zero-order valence-electron chi connectivity index (χ0n) is 13.7. The van der Waals surface area contributed by atoms with Crippen molar-refractivity contribution in [3.8, 4) is 5.69 Å². The molecule has 5 nitrogen and oxygen atoms in total. The van der Waals surface area contributed by atoms with Gasteiger partial charge in [0.15, 0.2) is 0 Å². The first-order valence-electron chi connectivity index (χ1n) is 8.29. The van der Waals surface area contributed by atoms with Crippen LogP contribution in [-0.4, -0.2) is 38.7 Å². The Morgan fingerprint density at radius 3 is 2.56 bits per heavy atom. The number of alkyl halides is 3. The number of carbonyl (C=O) groups excluding carboxylic acids is 1. The summed E-state index contributed by atoms with van der Waals surface area (Å²) in [5, 5.41) is 4.10. The van der Waals surface area contributed by atoms with Crippen molar-refractivity contribution in [2.75, 3.05) is 13.1 Å². The fourth-order valence-corrected chi connectivity index (χ4v) is 2.95. The summed E-state index contributed by atoms with van der Waals surface area (Å²) in [5.74, 6) is 0.773. The maximum absolute atomic E-state index is 12.7. The average Bonchev–Trinajstić information content (AvgIpc) is 2.95. The molecule has 0 N–H and O–H groups in total. The van der Waals surface area contributed by atoms with Crippen LogP contribution in [0, 0.1) is 0 Å². The third kappa shape index (κ3) is 4.18. The van der Waals surface area contributed by atoms with Crippen molar-refractivity contribution in [1.82, 2.24) is 19.7 Å². The number of rotatable bonds is 4. The van der Waals surface area contributed by atoms with Crippen LogP contribution in [0.15, 0.2) is 30.6 Å². The number of aromatic nitrogens is 3. The number of hydrogen-bond donors (Lipinski definition) is 0. The predicted molar refractivity (Wildman–Crippen MR) is 85.1 cm³/mol. The van der Waals surface area contributed by atoms with Crippen LogP contribution in [0.1, 0.15) is 37.1 Å². The number of amides is 1. The van der Waals surface area contributed by atoms with Crippen molar-refractivity contribution in [2.24, 2.45) is 0 Å². The Balaban J connectivity index is 1.71. The van der Waals surface area contributed by atoms with E-state index in [2.05, 4.69) is 10.1 Å². The summed E-state index contributed by atoms with van der Waals surface area (Å²) in [7, 11) is 0. The molecule has 2 heterocycles. The summed E-state index contributed by atoms with van der Waals surface area (Å²) in [6, 6.07) is 4.80. The van der Waals surface area contributed by atoms with Gasteiger partial charge in [-0.2, -0.15) is 18.3 Å². The quantitative estimate of drug-likeness (QED) is 0.849. The van der Waals surface area contributed by atoms with Crippen LogP contribution in [-0.2, 0) is 17.4 Å². The first-order chi connectivity index (χ1) is 11.9. The highest BCUT2D eigenvalue weighted by Gasteiger charge is 2.30. The fourth-order valence-electron chi connectivity index (χ4n) is 2.95. The summed E-state index contributed by atoms with van der Waals surface area (Å²) in [4.78, 5) is 18.1. The van der Waals surface area contributed by atoms with Crippen LogP contribution in [0.4, 0.5) is 13.2 Å². The molecule has 1 aliphatic rings. The molecule has 25 heavy (non-hydrogen) atoms. The van der Waals surface area contributed by atoms with E-state index in [-0.39, 0.29) is 5.91 Å². The van der Waals surface area contributed by atoms with Crippen molar-refractivity contribution >= 4 is 5.91 Å².